The number of para-hydroxylation sites is 1. The van der Waals surface area contributed by atoms with Gasteiger partial charge in [0.05, 0.1) is 26.0 Å². The summed E-state index contributed by atoms with van der Waals surface area (Å²) in [6.07, 6.45) is 0. The summed E-state index contributed by atoms with van der Waals surface area (Å²) >= 11 is 8.31. The molecule has 1 aromatic carbocycles. The number of nitrogens with zero attached hydrogens (tertiary/aromatic N) is 2. The standard InChI is InChI=1S/C16H14ClFN2O2S2/c1-2-22-9-8-20-14-10(18)4-3-5-11(14)24-16(20)19-15(21)12-6-7-13(17)23-12/h3-7H,2,8-9H2,1H3. The quantitative estimate of drug-likeness (QED) is 0.614. The molecule has 3 rings (SSSR count). The first-order valence-corrected chi connectivity index (χ1v) is 9.31. The smallest absolute Gasteiger partial charge is 0.289 e. The van der Waals surface area contributed by atoms with Crippen molar-refractivity contribution >= 4 is 50.4 Å². The van der Waals surface area contributed by atoms with Crippen molar-refractivity contribution in [1.29, 1.82) is 0 Å². The van der Waals surface area contributed by atoms with Gasteiger partial charge >= 0.3 is 0 Å². The second-order valence-electron chi connectivity index (χ2n) is 4.84. The van der Waals surface area contributed by atoms with Gasteiger partial charge in [0.15, 0.2) is 4.80 Å². The van der Waals surface area contributed by atoms with E-state index < -0.39 is 0 Å². The number of amides is 1. The molecule has 3 aromatic rings. The number of fused-ring (bicyclic) bond motifs is 1. The van der Waals surface area contributed by atoms with Gasteiger partial charge in [0.25, 0.3) is 5.91 Å². The molecule has 0 spiro atoms. The van der Waals surface area contributed by atoms with E-state index in [1.54, 1.807) is 22.8 Å². The van der Waals surface area contributed by atoms with Gasteiger partial charge < -0.3 is 9.30 Å². The van der Waals surface area contributed by atoms with Crippen LogP contribution in [-0.4, -0.2) is 23.7 Å². The lowest BCUT2D eigenvalue weighted by Crippen LogP contribution is -2.20. The maximum absolute atomic E-state index is 14.2. The number of halogens is 2. The zero-order chi connectivity index (χ0) is 17.1. The van der Waals surface area contributed by atoms with Crippen LogP contribution in [0.4, 0.5) is 4.39 Å². The summed E-state index contributed by atoms with van der Waals surface area (Å²) in [4.78, 5) is 17.4. The number of ether oxygens (including phenoxy) is 1. The normalized spacial score (nSPS) is 12.2. The molecular formula is C16H14ClFN2O2S2. The van der Waals surface area contributed by atoms with Crippen molar-refractivity contribution < 1.29 is 13.9 Å². The van der Waals surface area contributed by atoms with E-state index in [9.17, 15) is 9.18 Å². The third kappa shape index (κ3) is 3.59. The number of rotatable bonds is 5. The van der Waals surface area contributed by atoms with Crippen molar-refractivity contribution in [3.8, 4) is 0 Å². The molecule has 126 valence electrons. The second kappa shape index (κ2) is 7.57. The van der Waals surface area contributed by atoms with E-state index in [1.165, 1.54) is 28.7 Å². The molecule has 2 heterocycles. The molecule has 0 aliphatic carbocycles. The third-order valence-corrected chi connectivity index (χ3v) is 5.56. The first kappa shape index (κ1) is 17.3. The molecule has 2 aromatic heterocycles. The average Bonchev–Trinajstić information content (AvgIpc) is 3.13. The fourth-order valence-electron chi connectivity index (χ4n) is 2.25. The summed E-state index contributed by atoms with van der Waals surface area (Å²) in [6.45, 7) is 3.31. The minimum atomic E-state index is -0.385. The van der Waals surface area contributed by atoms with Crippen LogP contribution in [-0.2, 0) is 11.3 Å². The number of thiophene rings is 1. The van der Waals surface area contributed by atoms with Gasteiger partial charge in [0.1, 0.15) is 5.82 Å². The lowest BCUT2D eigenvalue weighted by Gasteiger charge is -2.05. The Bertz CT molecular complexity index is 945. The monoisotopic (exact) mass is 384 g/mol. The van der Waals surface area contributed by atoms with E-state index in [4.69, 9.17) is 16.3 Å². The van der Waals surface area contributed by atoms with Gasteiger partial charge in [-0.2, -0.15) is 4.99 Å². The number of aromatic nitrogens is 1. The molecule has 24 heavy (non-hydrogen) atoms. The highest BCUT2D eigenvalue weighted by Gasteiger charge is 2.13. The summed E-state index contributed by atoms with van der Waals surface area (Å²) in [5.74, 6) is -0.725. The first-order chi connectivity index (χ1) is 11.6. The van der Waals surface area contributed by atoms with Crippen LogP contribution in [0.2, 0.25) is 4.34 Å². The Morgan fingerprint density at radius 1 is 1.33 bits per heavy atom. The molecular weight excluding hydrogens is 371 g/mol. The van der Waals surface area contributed by atoms with E-state index in [0.717, 1.165) is 4.70 Å². The topological polar surface area (TPSA) is 43.6 Å². The van der Waals surface area contributed by atoms with Crippen molar-refractivity contribution in [2.75, 3.05) is 13.2 Å². The van der Waals surface area contributed by atoms with Gasteiger partial charge in [-0.1, -0.05) is 29.0 Å². The van der Waals surface area contributed by atoms with Gasteiger partial charge in [-0.15, -0.1) is 11.3 Å². The molecule has 8 heteroatoms. The van der Waals surface area contributed by atoms with Crippen LogP contribution in [0, 0.1) is 5.82 Å². The maximum Gasteiger partial charge on any atom is 0.289 e. The molecule has 0 saturated carbocycles. The Morgan fingerprint density at radius 3 is 2.88 bits per heavy atom. The predicted octanol–water partition coefficient (Wildman–Crippen LogP) is 4.33. The molecule has 0 aliphatic rings. The molecule has 0 aliphatic heterocycles. The zero-order valence-electron chi connectivity index (χ0n) is 12.8. The van der Waals surface area contributed by atoms with Crippen molar-refractivity contribution in [1.82, 2.24) is 4.57 Å². The van der Waals surface area contributed by atoms with E-state index >= 15 is 0 Å². The Kier molecular flexibility index (Phi) is 5.45. The third-order valence-electron chi connectivity index (χ3n) is 3.30. The summed E-state index contributed by atoms with van der Waals surface area (Å²) in [7, 11) is 0. The molecule has 0 unspecified atom stereocenters. The summed E-state index contributed by atoms with van der Waals surface area (Å²) in [5.41, 5.74) is 0.443. The lowest BCUT2D eigenvalue weighted by atomic mass is 10.3. The van der Waals surface area contributed by atoms with Gasteiger partial charge in [-0.25, -0.2) is 4.39 Å². The van der Waals surface area contributed by atoms with Crippen LogP contribution in [0.15, 0.2) is 35.3 Å². The first-order valence-electron chi connectivity index (χ1n) is 7.30. The second-order valence-corrected chi connectivity index (χ2v) is 7.56. The van der Waals surface area contributed by atoms with E-state index in [2.05, 4.69) is 4.99 Å². The van der Waals surface area contributed by atoms with Crippen LogP contribution in [0.5, 0.6) is 0 Å². The number of benzene rings is 1. The highest BCUT2D eigenvalue weighted by atomic mass is 35.5. The number of hydrogen-bond acceptors (Lipinski definition) is 4. The van der Waals surface area contributed by atoms with Crippen LogP contribution in [0.1, 0.15) is 16.6 Å². The SMILES string of the molecule is CCOCCn1c(=NC(=O)c2ccc(Cl)s2)sc2cccc(F)c21. The van der Waals surface area contributed by atoms with Crippen LogP contribution in [0.25, 0.3) is 10.2 Å². The highest BCUT2D eigenvalue weighted by Crippen LogP contribution is 2.23. The van der Waals surface area contributed by atoms with Gasteiger partial charge in [0, 0.05) is 13.2 Å². The molecule has 0 atom stereocenters. The lowest BCUT2D eigenvalue weighted by molar-refractivity contribution is 0.100. The Hall–Kier alpha value is -1.54. The molecule has 0 bridgehead atoms. The van der Waals surface area contributed by atoms with Crippen molar-refractivity contribution in [2.45, 2.75) is 13.5 Å². The molecule has 4 nitrogen and oxygen atoms in total. The van der Waals surface area contributed by atoms with E-state index in [1.807, 2.05) is 13.0 Å². The Balaban J connectivity index is 2.08. The molecule has 0 saturated heterocycles. The highest BCUT2D eigenvalue weighted by molar-refractivity contribution is 7.18. The Morgan fingerprint density at radius 2 is 2.17 bits per heavy atom. The Labute approximate surface area is 150 Å². The molecule has 0 fully saturated rings. The largest absolute Gasteiger partial charge is 0.380 e. The zero-order valence-corrected chi connectivity index (χ0v) is 15.2. The summed E-state index contributed by atoms with van der Waals surface area (Å²) in [5, 5.41) is 0. The van der Waals surface area contributed by atoms with Crippen LogP contribution in [0.3, 0.4) is 0 Å². The van der Waals surface area contributed by atoms with Gasteiger partial charge in [-0.3, -0.25) is 4.79 Å². The summed E-state index contributed by atoms with van der Waals surface area (Å²) < 4.78 is 22.6. The van der Waals surface area contributed by atoms with Crippen molar-refractivity contribution in [2.24, 2.45) is 4.99 Å². The molecule has 0 N–H and O–H groups in total. The minimum absolute atomic E-state index is 0.340. The number of carbonyl (C=O) groups excluding carboxylic acids is 1. The number of carbonyl (C=O) groups is 1. The van der Waals surface area contributed by atoms with Crippen LogP contribution >= 0.6 is 34.3 Å². The predicted molar refractivity (Wildman–Crippen MR) is 95.5 cm³/mol. The summed E-state index contributed by atoms with van der Waals surface area (Å²) in [6, 6.07) is 8.15. The average molecular weight is 385 g/mol. The fraction of sp³-hybridized carbons (Fsp3) is 0.250. The molecule has 0 radical (unpaired) electrons. The van der Waals surface area contributed by atoms with Gasteiger partial charge in [0.2, 0.25) is 0 Å². The molecule has 1 amide bonds. The van der Waals surface area contributed by atoms with Crippen molar-refractivity contribution in [3.05, 3.63) is 50.2 Å². The van der Waals surface area contributed by atoms with Gasteiger partial charge in [-0.05, 0) is 31.2 Å². The van der Waals surface area contributed by atoms with E-state index in [-0.39, 0.29) is 11.7 Å². The fourth-order valence-corrected chi connectivity index (χ4v) is 4.25. The van der Waals surface area contributed by atoms with Crippen molar-refractivity contribution in [3.63, 3.8) is 0 Å². The number of thiazole rings is 1. The number of hydrogen-bond donors (Lipinski definition) is 0. The van der Waals surface area contributed by atoms with Crippen LogP contribution < -0.4 is 4.80 Å². The van der Waals surface area contributed by atoms with E-state index in [0.29, 0.717) is 39.3 Å². The maximum atomic E-state index is 14.2. The minimum Gasteiger partial charge on any atom is -0.380 e.